The van der Waals surface area contributed by atoms with E-state index in [0.717, 1.165) is 11.3 Å². The van der Waals surface area contributed by atoms with Gasteiger partial charge in [0.05, 0.1) is 14.3 Å². The van der Waals surface area contributed by atoms with Crippen molar-refractivity contribution in [3.8, 4) is 0 Å². The zero-order chi connectivity index (χ0) is 14.1. The Morgan fingerprint density at radius 2 is 2.11 bits per heavy atom. The summed E-state index contributed by atoms with van der Waals surface area (Å²) in [6.45, 7) is 1.01. The largest absolute Gasteiger partial charge is 0.381 e. The smallest absolute Gasteiger partial charge is 0.250 e. The first-order chi connectivity index (χ1) is 8.88. The summed E-state index contributed by atoms with van der Waals surface area (Å²) >= 11 is 16.1. The van der Waals surface area contributed by atoms with Gasteiger partial charge in [-0.2, -0.15) is 0 Å². The van der Waals surface area contributed by atoms with Crippen molar-refractivity contribution in [2.24, 2.45) is 0 Å². The molecule has 1 aliphatic rings. The molecular formula is C10H12BrCl2NO3S2. The lowest BCUT2D eigenvalue weighted by atomic mass is 9.94. The van der Waals surface area contributed by atoms with Crippen LogP contribution in [-0.4, -0.2) is 33.1 Å². The Hall–Kier alpha value is 0.630. The van der Waals surface area contributed by atoms with Crippen molar-refractivity contribution >= 4 is 60.5 Å². The minimum Gasteiger partial charge on any atom is -0.381 e. The van der Waals surface area contributed by atoms with Gasteiger partial charge in [0.2, 0.25) is 0 Å². The SMILES string of the molecule is O=S(=O)(NC1(CCl)CCOCC1)c1cc(Cl)c(Br)s1. The van der Waals surface area contributed by atoms with Crippen LogP contribution < -0.4 is 4.72 Å². The van der Waals surface area contributed by atoms with Gasteiger partial charge < -0.3 is 4.74 Å². The molecule has 108 valence electrons. The van der Waals surface area contributed by atoms with Gasteiger partial charge >= 0.3 is 0 Å². The summed E-state index contributed by atoms with van der Waals surface area (Å²) in [5.41, 5.74) is -0.637. The third-order valence-corrected chi connectivity index (χ3v) is 7.98. The van der Waals surface area contributed by atoms with E-state index in [2.05, 4.69) is 20.7 Å². The first kappa shape index (κ1) is 16.0. The zero-order valence-corrected chi connectivity index (χ0v) is 14.5. The number of hydrogen-bond donors (Lipinski definition) is 1. The van der Waals surface area contributed by atoms with E-state index < -0.39 is 15.6 Å². The van der Waals surface area contributed by atoms with Crippen molar-refractivity contribution in [2.75, 3.05) is 19.1 Å². The molecule has 1 aromatic heterocycles. The molecule has 1 fully saturated rings. The van der Waals surface area contributed by atoms with Gasteiger partial charge in [-0.3, -0.25) is 0 Å². The van der Waals surface area contributed by atoms with Crippen LogP contribution in [0.5, 0.6) is 0 Å². The lowest BCUT2D eigenvalue weighted by molar-refractivity contribution is 0.0549. The second kappa shape index (κ2) is 6.17. The molecule has 0 spiro atoms. The average molecular weight is 409 g/mol. The van der Waals surface area contributed by atoms with E-state index in [1.807, 2.05) is 0 Å². The molecule has 0 atom stereocenters. The van der Waals surface area contributed by atoms with Crippen LogP contribution in [0.2, 0.25) is 5.02 Å². The van der Waals surface area contributed by atoms with Gasteiger partial charge in [0.25, 0.3) is 10.0 Å². The molecule has 1 N–H and O–H groups in total. The molecule has 1 aliphatic heterocycles. The maximum absolute atomic E-state index is 12.4. The molecule has 0 aromatic carbocycles. The van der Waals surface area contributed by atoms with E-state index in [-0.39, 0.29) is 10.1 Å². The molecule has 0 aliphatic carbocycles. The molecule has 2 heterocycles. The molecule has 0 unspecified atom stereocenters. The standard InChI is InChI=1S/C10H12BrCl2NO3S2/c11-9-7(13)5-8(18-9)19(15,16)14-10(6-12)1-3-17-4-2-10/h5,14H,1-4,6H2. The third-order valence-electron chi connectivity index (χ3n) is 2.94. The molecule has 0 amide bonds. The van der Waals surface area contributed by atoms with Crippen LogP contribution in [0.4, 0.5) is 0 Å². The minimum atomic E-state index is -3.62. The second-order valence-electron chi connectivity index (χ2n) is 4.32. The van der Waals surface area contributed by atoms with Crippen molar-refractivity contribution < 1.29 is 13.2 Å². The summed E-state index contributed by atoms with van der Waals surface area (Å²) in [5, 5.41) is 0.386. The van der Waals surface area contributed by atoms with Gasteiger partial charge in [-0.05, 0) is 34.8 Å². The van der Waals surface area contributed by atoms with Crippen LogP contribution >= 0.6 is 50.5 Å². The van der Waals surface area contributed by atoms with E-state index in [0.29, 0.717) is 34.9 Å². The Bertz CT molecular complexity index is 536. The van der Waals surface area contributed by atoms with E-state index in [4.69, 9.17) is 27.9 Å². The molecule has 0 bridgehead atoms. The quantitative estimate of drug-likeness (QED) is 0.778. The summed E-state index contributed by atoms with van der Waals surface area (Å²) in [7, 11) is -3.62. The van der Waals surface area contributed by atoms with Crippen LogP contribution in [-0.2, 0) is 14.8 Å². The molecule has 2 rings (SSSR count). The summed E-state index contributed by atoms with van der Waals surface area (Å²) in [6, 6.07) is 1.43. The third kappa shape index (κ3) is 3.64. The summed E-state index contributed by atoms with van der Waals surface area (Å²) in [4.78, 5) is 0. The molecular weight excluding hydrogens is 397 g/mol. The number of ether oxygens (including phenoxy) is 1. The van der Waals surface area contributed by atoms with Crippen molar-refractivity contribution in [1.82, 2.24) is 4.72 Å². The average Bonchev–Trinajstić information content (AvgIpc) is 2.71. The lowest BCUT2D eigenvalue weighted by Gasteiger charge is -2.35. The van der Waals surface area contributed by atoms with E-state index in [1.165, 1.54) is 6.07 Å². The molecule has 1 saturated heterocycles. The number of hydrogen-bond acceptors (Lipinski definition) is 4. The first-order valence-corrected chi connectivity index (χ1v) is 9.52. The molecule has 19 heavy (non-hydrogen) atoms. The highest BCUT2D eigenvalue weighted by molar-refractivity contribution is 9.11. The Morgan fingerprint density at radius 1 is 1.47 bits per heavy atom. The minimum absolute atomic E-state index is 0.181. The van der Waals surface area contributed by atoms with Gasteiger partial charge in [0, 0.05) is 19.1 Å². The maximum Gasteiger partial charge on any atom is 0.250 e. The first-order valence-electron chi connectivity index (χ1n) is 5.51. The Morgan fingerprint density at radius 3 is 2.58 bits per heavy atom. The Balaban J connectivity index is 2.24. The topological polar surface area (TPSA) is 55.4 Å². The van der Waals surface area contributed by atoms with Crippen LogP contribution in [0.1, 0.15) is 12.8 Å². The molecule has 9 heteroatoms. The molecule has 1 aromatic rings. The summed E-state index contributed by atoms with van der Waals surface area (Å²) in [6.07, 6.45) is 1.13. The fraction of sp³-hybridized carbons (Fsp3) is 0.600. The highest BCUT2D eigenvalue weighted by Crippen LogP contribution is 2.35. The van der Waals surface area contributed by atoms with Crippen molar-refractivity contribution in [1.29, 1.82) is 0 Å². The Labute approximate surface area is 134 Å². The van der Waals surface area contributed by atoms with Crippen molar-refractivity contribution in [3.63, 3.8) is 0 Å². The maximum atomic E-state index is 12.4. The monoisotopic (exact) mass is 407 g/mol. The molecule has 4 nitrogen and oxygen atoms in total. The van der Waals surface area contributed by atoms with E-state index >= 15 is 0 Å². The summed E-state index contributed by atoms with van der Waals surface area (Å²) in [5.74, 6) is 0.218. The number of halogens is 3. The number of rotatable bonds is 4. The van der Waals surface area contributed by atoms with Gasteiger partial charge in [-0.1, -0.05) is 11.6 Å². The highest BCUT2D eigenvalue weighted by atomic mass is 79.9. The van der Waals surface area contributed by atoms with Gasteiger partial charge in [-0.15, -0.1) is 22.9 Å². The normalized spacial score (nSPS) is 19.5. The van der Waals surface area contributed by atoms with Crippen LogP contribution in [0.15, 0.2) is 14.1 Å². The van der Waals surface area contributed by atoms with Crippen molar-refractivity contribution in [2.45, 2.75) is 22.6 Å². The second-order valence-corrected chi connectivity index (χ2v) is 9.27. The lowest BCUT2D eigenvalue weighted by Crippen LogP contribution is -2.53. The van der Waals surface area contributed by atoms with E-state index in [1.54, 1.807) is 0 Å². The number of alkyl halides is 1. The fourth-order valence-electron chi connectivity index (χ4n) is 1.82. The number of sulfonamides is 1. The van der Waals surface area contributed by atoms with E-state index in [9.17, 15) is 8.42 Å². The predicted octanol–water partition coefficient (Wildman–Crippen LogP) is 3.23. The van der Waals surface area contributed by atoms with Gasteiger partial charge in [0.1, 0.15) is 4.21 Å². The number of nitrogens with one attached hydrogen (secondary N) is 1. The zero-order valence-electron chi connectivity index (χ0n) is 9.79. The van der Waals surface area contributed by atoms with Gasteiger partial charge in [-0.25, -0.2) is 13.1 Å². The summed E-state index contributed by atoms with van der Waals surface area (Å²) < 4.78 is 33.4. The van der Waals surface area contributed by atoms with Crippen molar-refractivity contribution in [3.05, 3.63) is 14.9 Å². The number of thiophene rings is 1. The molecule has 0 saturated carbocycles. The van der Waals surface area contributed by atoms with Crippen LogP contribution in [0.3, 0.4) is 0 Å². The van der Waals surface area contributed by atoms with Crippen LogP contribution in [0.25, 0.3) is 0 Å². The predicted molar refractivity (Wildman–Crippen MR) is 80.9 cm³/mol. The highest BCUT2D eigenvalue weighted by Gasteiger charge is 2.37. The van der Waals surface area contributed by atoms with Gasteiger partial charge in [0.15, 0.2) is 0 Å². The molecule has 0 radical (unpaired) electrons. The van der Waals surface area contributed by atoms with Crippen LogP contribution in [0, 0.1) is 0 Å². The fourth-order valence-corrected chi connectivity index (χ4v) is 6.09. The Kier molecular flexibility index (Phi) is 5.20.